The highest BCUT2D eigenvalue weighted by Gasteiger charge is 2.30. The summed E-state index contributed by atoms with van der Waals surface area (Å²) in [5.74, 6) is 0. The summed E-state index contributed by atoms with van der Waals surface area (Å²) >= 11 is 2.05. The normalized spacial score (nSPS) is 16.1. The Morgan fingerprint density at radius 3 is 2.40 bits per heavy atom. The lowest BCUT2D eigenvalue weighted by Crippen LogP contribution is -2.20. The van der Waals surface area contributed by atoms with Crippen LogP contribution in [0.25, 0.3) is 0 Å². The summed E-state index contributed by atoms with van der Waals surface area (Å²) in [6.07, 6.45) is -4.29. The van der Waals surface area contributed by atoms with E-state index in [1.165, 1.54) is 6.07 Å². The molecule has 0 saturated heterocycles. The Hall–Kier alpha value is -0.300. The quantitative estimate of drug-likeness (QED) is 0.652. The molecule has 2 atom stereocenters. The van der Waals surface area contributed by atoms with Gasteiger partial charge in [0, 0.05) is 6.04 Å². The second kappa shape index (κ2) is 4.69. The molecule has 2 N–H and O–H groups in total. The van der Waals surface area contributed by atoms with Gasteiger partial charge in [-0.15, -0.1) is 0 Å². The number of rotatable bonds is 2. The monoisotopic (exact) mass is 329 g/mol. The molecule has 5 heteroatoms. The lowest BCUT2D eigenvalue weighted by atomic mass is 10.0. The molecule has 0 aliphatic carbocycles. The molecule has 1 nitrogen and oxygen atoms in total. The van der Waals surface area contributed by atoms with Gasteiger partial charge in [-0.1, -0.05) is 40.8 Å². The Labute approximate surface area is 100.0 Å². The summed E-state index contributed by atoms with van der Waals surface area (Å²) in [4.78, 5) is 0. The first-order valence-electron chi connectivity index (χ1n) is 4.39. The summed E-state index contributed by atoms with van der Waals surface area (Å²) in [6, 6.07) is 5.12. The van der Waals surface area contributed by atoms with Crippen LogP contribution < -0.4 is 5.73 Å². The average Bonchev–Trinajstić information content (AvgIpc) is 2.15. The second-order valence-corrected chi connectivity index (χ2v) is 4.73. The van der Waals surface area contributed by atoms with Crippen molar-refractivity contribution in [3.63, 3.8) is 0 Å². The van der Waals surface area contributed by atoms with E-state index in [1.807, 2.05) is 22.6 Å². The minimum absolute atomic E-state index is 0.107. The fourth-order valence-electron chi connectivity index (χ4n) is 1.19. The van der Waals surface area contributed by atoms with Crippen LogP contribution in [-0.2, 0) is 6.18 Å². The van der Waals surface area contributed by atoms with E-state index in [1.54, 1.807) is 13.0 Å². The molecule has 0 amide bonds. The van der Waals surface area contributed by atoms with Crippen LogP contribution in [-0.4, -0.2) is 6.04 Å². The van der Waals surface area contributed by atoms with Gasteiger partial charge in [0.05, 0.1) is 9.49 Å². The van der Waals surface area contributed by atoms with E-state index in [0.717, 1.165) is 12.1 Å². The Balaban J connectivity index is 3.03. The third kappa shape index (κ3) is 3.34. The molecule has 0 saturated carbocycles. The van der Waals surface area contributed by atoms with Crippen LogP contribution in [0.2, 0.25) is 0 Å². The topological polar surface area (TPSA) is 26.0 Å². The first-order valence-corrected chi connectivity index (χ1v) is 5.63. The fraction of sp³-hybridized carbons (Fsp3) is 0.400. The maximum absolute atomic E-state index is 12.4. The van der Waals surface area contributed by atoms with E-state index in [2.05, 4.69) is 0 Å². The predicted molar refractivity (Wildman–Crippen MR) is 61.9 cm³/mol. The Bertz CT molecular complexity index is 336. The molecule has 0 aliphatic heterocycles. The van der Waals surface area contributed by atoms with Crippen LogP contribution in [0.1, 0.15) is 22.0 Å². The maximum atomic E-state index is 12.4. The molecular formula is C10H11F3IN. The van der Waals surface area contributed by atoms with Crippen LogP contribution in [0, 0.1) is 0 Å². The summed E-state index contributed by atoms with van der Waals surface area (Å²) in [6.45, 7) is 1.78. The van der Waals surface area contributed by atoms with Gasteiger partial charge >= 0.3 is 6.18 Å². The Kier molecular flexibility index (Phi) is 3.99. The lowest BCUT2D eigenvalue weighted by molar-refractivity contribution is -0.137. The van der Waals surface area contributed by atoms with Gasteiger partial charge in [-0.2, -0.15) is 13.2 Å². The van der Waals surface area contributed by atoms with Crippen molar-refractivity contribution in [2.24, 2.45) is 5.73 Å². The van der Waals surface area contributed by atoms with Crippen LogP contribution in [0.4, 0.5) is 13.2 Å². The zero-order valence-corrected chi connectivity index (χ0v) is 10.2. The number of hydrogen-bond donors (Lipinski definition) is 1. The molecule has 0 spiro atoms. The number of nitrogens with two attached hydrogens (primary N) is 1. The summed E-state index contributed by atoms with van der Waals surface area (Å²) in [5.41, 5.74) is 5.63. The average molecular weight is 329 g/mol. The van der Waals surface area contributed by atoms with Crippen LogP contribution in [0.3, 0.4) is 0 Å². The predicted octanol–water partition coefficient (Wildman–Crippen LogP) is 3.53. The molecule has 0 aliphatic rings. The van der Waals surface area contributed by atoms with Crippen molar-refractivity contribution in [2.45, 2.75) is 23.1 Å². The third-order valence-electron chi connectivity index (χ3n) is 1.99. The second-order valence-electron chi connectivity index (χ2n) is 3.38. The van der Waals surface area contributed by atoms with Crippen molar-refractivity contribution >= 4 is 22.6 Å². The summed E-state index contributed by atoms with van der Waals surface area (Å²) < 4.78 is 37.1. The fourth-order valence-corrected chi connectivity index (χ4v) is 1.58. The van der Waals surface area contributed by atoms with Crippen molar-refractivity contribution in [2.75, 3.05) is 0 Å². The van der Waals surface area contributed by atoms with Gasteiger partial charge in [-0.3, -0.25) is 0 Å². The van der Waals surface area contributed by atoms with Gasteiger partial charge in [-0.25, -0.2) is 0 Å². The standard InChI is InChI=1S/C10H11F3IN/c1-6(15)9(14)7-3-2-4-8(5-7)10(11,12)13/h2-6,9H,15H2,1H3. The Morgan fingerprint density at radius 2 is 1.93 bits per heavy atom. The van der Waals surface area contributed by atoms with Gasteiger partial charge in [0.2, 0.25) is 0 Å². The number of alkyl halides is 4. The number of halogens is 4. The SMILES string of the molecule is CC(N)C(I)c1cccc(C(F)(F)F)c1. The highest BCUT2D eigenvalue weighted by atomic mass is 127. The Morgan fingerprint density at radius 1 is 1.33 bits per heavy atom. The van der Waals surface area contributed by atoms with Crippen molar-refractivity contribution in [1.82, 2.24) is 0 Å². The van der Waals surface area contributed by atoms with E-state index in [-0.39, 0.29) is 9.97 Å². The molecule has 0 aromatic heterocycles. The lowest BCUT2D eigenvalue weighted by Gasteiger charge is -2.16. The van der Waals surface area contributed by atoms with Crippen molar-refractivity contribution in [3.8, 4) is 0 Å². The van der Waals surface area contributed by atoms with Gasteiger partial charge in [0.15, 0.2) is 0 Å². The third-order valence-corrected chi connectivity index (χ3v) is 3.85. The summed E-state index contributed by atoms with van der Waals surface area (Å²) in [7, 11) is 0. The molecule has 1 rings (SSSR count). The smallest absolute Gasteiger partial charge is 0.327 e. The molecule has 84 valence electrons. The molecule has 0 heterocycles. The molecule has 0 fully saturated rings. The molecule has 2 unspecified atom stereocenters. The van der Waals surface area contributed by atoms with Crippen molar-refractivity contribution in [3.05, 3.63) is 35.4 Å². The summed E-state index contributed by atoms with van der Waals surface area (Å²) in [5, 5.41) is 0. The van der Waals surface area contributed by atoms with E-state index in [0.29, 0.717) is 5.56 Å². The van der Waals surface area contributed by atoms with Crippen LogP contribution in [0.5, 0.6) is 0 Å². The molecule has 1 aromatic rings. The van der Waals surface area contributed by atoms with Gasteiger partial charge in [0.25, 0.3) is 0 Å². The maximum Gasteiger partial charge on any atom is 0.416 e. The van der Waals surface area contributed by atoms with E-state index >= 15 is 0 Å². The molecular weight excluding hydrogens is 318 g/mol. The van der Waals surface area contributed by atoms with Gasteiger partial charge in [0.1, 0.15) is 0 Å². The van der Waals surface area contributed by atoms with Gasteiger partial charge < -0.3 is 5.73 Å². The minimum atomic E-state index is -4.29. The number of benzene rings is 1. The molecule has 1 aromatic carbocycles. The number of hydrogen-bond acceptors (Lipinski definition) is 1. The van der Waals surface area contributed by atoms with Crippen LogP contribution >= 0.6 is 22.6 Å². The zero-order chi connectivity index (χ0) is 11.6. The van der Waals surface area contributed by atoms with Crippen molar-refractivity contribution < 1.29 is 13.2 Å². The van der Waals surface area contributed by atoms with E-state index < -0.39 is 11.7 Å². The largest absolute Gasteiger partial charge is 0.416 e. The van der Waals surface area contributed by atoms with Gasteiger partial charge in [-0.05, 0) is 18.6 Å². The highest BCUT2D eigenvalue weighted by Crippen LogP contribution is 2.33. The first kappa shape index (κ1) is 12.8. The highest BCUT2D eigenvalue weighted by molar-refractivity contribution is 14.1. The van der Waals surface area contributed by atoms with Crippen molar-refractivity contribution in [1.29, 1.82) is 0 Å². The molecule has 0 bridgehead atoms. The molecule has 15 heavy (non-hydrogen) atoms. The van der Waals surface area contributed by atoms with Crippen LogP contribution in [0.15, 0.2) is 24.3 Å². The molecule has 0 radical (unpaired) electrons. The minimum Gasteiger partial charge on any atom is -0.327 e. The van der Waals surface area contributed by atoms with E-state index in [4.69, 9.17) is 5.73 Å². The zero-order valence-electron chi connectivity index (χ0n) is 8.05. The van der Waals surface area contributed by atoms with E-state index in [9.17, 15) is 13.2 Å². The first-order chi connectivity index (χ1) is 6.82.